The molecule has 1 saturated heterocycles. The van der Waals surface area contributed by atoms with Gasteiger partial charge in [0.1, 0.15) is 6.04 Å². The zero-order valence-corrected chi connectivity index (χ0v) is 11.1. The van der Waals surface area contributed by atoms with Crippen LogP contribution in [0, 0.1) is 17.0 Å². The number of imide groups is 1. The van der Waals surface area contributed by atoms with Crippen molar-refractivity contribution in [2.45, 2.75) is 25.8 Å². The normalized spacial score (nSPS) is 19.1. The summed E-state index contributed by atoms with van der Waals surface area (Å²) >= 11 is 0. The maximum absolute atomic E-state index is 12.0. The Labute approximate surface area is 114 Å². The summed E-state index contributed by atoms with van der Waals surface area (Å²) in [6, 6.07) is 2.19. The molecule has 0 saturated carbocycles. The van der Waals surface area contributed by atoms with E-state index >= 15 is 0 Å². The van der Waals surface area contributed by atoms with Crippen LogP contribution in [-0.4, -0.2) is 39.7 Å². The van der Waals surface area contributed by atoms with Crippen LogP contribution < -0.4 is 5.32 Å². The fourth-order valence-electron chi connectivity index (χ4n) is 2.02. The molecule has 0 aliphatic carbocycles. The predicted octanol–water partition coefficient (Wildman–Crippen LogP) is 0.858. The van der Waals surface area contributed by atoms with Gasteiger partial charge >= 0.3 is 5.69 Å². The molecule has 2 rings (SSSR count). The average molecular weight is 278 g/mol. The lowest BCUT2D eigenvalue weighted by Gasteiger charge is -2.28. The minimum absolute atomic E-state index is 0.0519. The molecule has 1 aliphatic rings. The average Bonchev–Trinajstić information content (AvgIpc) is 2.39. The smallest absolute Gasteiger partial charge is 0.311 e. The van der Waals surface area contributed by atoms with Crippen molar-refractivity contribution >= 4 is 23.3 Å². The molecular weight excluding hydrogens is 264 g/mol. The van der Waals surface area contributed by atoms with Gasteiger partial charge in [0, 0.05) is 25.2 Å². The molecule has 1 aromatic heterocycles. The first-order valence-corrected chi connectivity index (χ1v) is 6.09. The standard InChI is InChI=1S/C12H14N4O4/c1-7-3-5-9(16(19)20)11(13-7)14-8-4-6-10(17)15(2)12(8)18/h3,5,8H,4,6H2,1-2H3,(H,13,14). The van der Waals surface area contributed by atoms with Gasteiger partial charge in [0.2, 0.25) is 11.7 Å². The van der Waals surface area contributed by atoms with Gasteiger partial charge in [-0.15, -0.1) is 0 Å². The van der Waals surface area contributed by atoms with E-state index < -0.39 is 16.9 Å². The first-order valence-electron chi connectivity index (χ1n) is 6.09. The summed E-state index contributed by atoms with van der Waals surface area (Å²) in [6.07, 6.45) is 0.522. The Balaban J connectivity index is 2.26. The molecule has 106 valence electrons. The number of hydrogen-bond acceptors (Lipinski definition) is 6. The van der Waals surface area contributed by atoms with Crippen LogP contribution in [0.4, 0.5) is 11.5 Å². The molecule has 0 spiro atoms. The maximum atomic E-state index is 12.0. The van der Waals surface area contributed by atoms with E-state index in [-0.39, 0.29) is 23.8 Å². The first kappa shape index (κ1) is 13.9. The summed E-state index contributed by atoms with van der Waals surface area (Å²) in [4.78, 5) is 38.8. The fraction of sp³-hybridized carbons (Fsp3) is 0.417. The minimum atomic E-state index is -0.675. The van der Waals surface area contributed by atoms with E-state index in [1.807, 2.05) is 0 Å². The van der Waals surface area contributed by atoms with Gasteiger partial charge in [0.05, 0.1) is 4.92 Å². The van der Waals surface area contributed by atoms with Crippen molar-refractivity contribution in [3.63, 3.8) is 0 Å². The Bertz CT molecular complexity index is 587. The van der Waals surface area contributed by atoms with Crippen LogP contribution in [0.15, 0.2) is 12.1 Å². The number of likely N-dealkylation sites (tertiary alicyclic amines) is 1. The van der Waals surface area contributed by atoms with Crippen LogP contribution in [-0.2, 0) is 9.59 Å². The van der Waals surface area contributed by atoms with Crippen molar-refractivity contribution in [1.29, 1.82) is 0 Å². The molecule has 1 fully saturated rings. The molecule has 8 nitrogen and oxygen atoms in total. The Hall–Kier alpha value is -2.51. The molecule has 1 atom stereocenters. The second-order valence-corrected chi connectivity index (χ2v) is 4.60. The molecule has 1 aliphatic heterocycles. The summed E-state index contributed by atoms with van der Waals surface area (Å²) in [5, 5.41) is 13.7. The first-order chi connectivity index (χ1) is 9.40. The van der Waals surface area contributed by atoms with Crippen LogP contribution in [0.5, 0.6) is 0 Å². The Morgan fingerprint density at radius 3 is 2.80 bits per heavy atom. The number of aryl methyl sites for hydroxylation is 1. The number of nitrogens with one attached hydrogen (secondary N) is 1. The second-order valence-electron chi connectivity index (χ2n) is 4.60. The number of carbonyl (C=O) groups excluding carboxylic acids is 2. The topological polar surface area (TPSA) is 105 Å². The van der Waals surface area contributed by atoms with Crippen LogP contribution in [0.3, 0.4) is 0 Å². The third-order valence-corrected chi connectivity index (χ3v) is 3.17. The SMILES string of the molecule is Cc1ccc([N+](=O)[O-])c(NC2CCC(=O)N(C)C2=O)n1. The zero-order chi connectivity index (χ0) is 14.9. The lowest BCUT2D eigenvalue weighted by atomic mass is 10.0. The molecular formula is C12H14N4O4. The molecule has 1 aromatic rings. The minimum Gasteiger partial charge on any atom is -0.353 e. The molecule has 0 bridgehead atoms. The zero-order valence-electron chi connectivity index (χ0n) is 11.1. The Morgan fingerprint density at radius 2 is 2.15 bits per heavy atom. The molecule has 0 radical (unpaired) electrons. The largest absolute Gasteiger partial charge is 0.353 e. The van der Waals surface area contributed by atoms with Crippen LogP contribution in [0.2, 0.25) is 0 Å². The number of piperidine rings is 1. The summed E-state index contributed by atoms with van der Waals surface area (Å²) in [5.41, 5.74) is 0.411. The molecule has 20 heavy (non-hydrogen) atoms. The number of hydrogen-bond donors (Lipinski definition) is 1. The van der Waals surface area contributed by atoms with E-state index in [4.69, 9.17) is 0 Å². The van der Waals surface area contributed by atoms with Crippen molar-refractivity contribution in [1.82, 2.24) is 9.88 Å². The number of pyridine rings is 1. The molecule has 1 unspecified atom stereocenters. The van der Waals surface area contributed by atoms with Crippen molar-refractivity contribution in [2.24, 2.45) is 0 Å². The number of amides is 2. The van der Waals surface area contributed by atoms with Crippen LogP contribution in [0.1, 0.15) is 18.5 Å². The van der Waals surface area contributed by atoms with E-state index in [0.717, 1.165) is 4.90 Å². The molecule has 2 amide bonds. The van der Waals surface area contributed by atoms with Gasteiger partial charge in [-0.3, -0.25) is 24.6 Å². The Kier molecular flexibility index (Phi) is 3.64. The highest BCUT2D eigenvalue weighted by molar-refractivity contribution is 6.01. The van der Waals surface area contributed by atoms with Gasteiger partial charge in [-0.2, -0.15) is 0 Å². The number of aromatic nitrogens is 1. The van der Waals surface area contributed by atoms with Crippen molar-refractivity contribution in [3.8, 4) is 0 Å². The summed E-state index contributed by atoms with van der Waals surface area (Å²) in [7, 11) is 1.40. The third-order valence-electron chi connectivity index (χ3n) is 3.17. The number of nitrogens with zero attached hydrogens (tertiary/aromatic N) is 3. The van der Waals surface area contributed by atoms with Crippen molar-refractivity contribution in [2.75, 3.05) is 12.4 Å². The molecule has 2 heterocycles. The van der Waals surface area contributed by atoms with Gasteiger partial charge in [-0.25, -0.2) is 4.98 Å². The van der Waals surface area contributed by atoms with Gasteiger partial charge in [-0.05, 0) is 19.4 Å². The quantitative estimate of drug-likeness (QED) is 0.499. The lowest BCUT2D eigenvalue weighted by Crippen LogP contribution is -2.48. The van der Waals surface area contributed by atoms with Crippen molar-refractivity contribution < 1.29 is 14.5 Å². The predicted molar refractivity (Wildman–Crippen MR) is 70.1 cm³/mol. The van der Waals surface area contributed by atoms with E-state index in [1.165, 1.54) is 19.2 Å². The highest BCUT2D eigenvalue weighted by Crippen LogP contribution is 2.25. The van der Waals surface area contributed by atoms with Gasteiger partial charge in [0.15, 0.2) is 0 Å². The fourth-order valence-corrected chi connectivity index (χ4v) is 2.02. The summed E-state index contributed by atoms with van der Waals surface area (Å²) < 4.78 is 0. The highest BCUT2D eigenvalue weighted by Gasteiger charge is 2.33. The molecule has 0 aromatic carbocycles. The summed E-state index contributed by atoms with van der Waals surface area (Å²) in [6.45, 7) is 1.70. The number of anilines is 1. The number of carbonyl (C=O) groups is 2. The van der Waals surface area contributed by atoms with E-state index in [0.29, 0.717) is 12.1 Å². The van der Waals surface area contributed by atoms with Crippen LogP contribution in [0.25, 0.3) is 0 Å². The number of rotatable bonds is 3. The maximum Gasteiger partial charge on any atom is 0.311 e. The number of nitro groups is 1. The highest BCUT2D eigenvalue weighted by atomic mass is 16.6. The lowest BCUT2D eigenvalue weighted by molar-refractivity contribution is -0.384. The Morgan fingerprint density at radius 1 is 1.45 bits per heavy atom. The third kappa shape index (κ3) is 2.58. The van der Waals surface area contributed by atoms with E-state index in [9.17, 15) is 19.7 Å². The van der Waals surface area contributed by atoms with E-state index in [2.05, 4.69) is 10.3 Å². The summed E-state index contributed by atoms with van der Waals surface area (Å²) in [5.74, 6) is -0.602. The van der Waals surface area contributed by atoms with E-state index in [1.54, 1.807) is 6.92 Å². The van der Waals surface area contributed by atoms with Crippen LogP contribution >= 0.6 is 0 Å². The molecule has 8 heteroatoms. The van der Waals surface area contributed by atoms with Gasteiger partial charge in [0.25, 0.3) is 5.91 Å². The molecule has 1 N–H and O–H groups in total. The monoisotopic (exact) mass is 278 g/mol. The van der Waals surface area contributed by atoms with Gasteiger partial charge in [-0.1, -0.05) is 0 Å². The van der Waals surface area contributed by atoms with Crippen molar-refractivity contribution in [3.05, 3.63) is 27.9 Å². The van der Waals surface area contributed by atoms with Gasteiger partial charge < -0.3 is 5.32 Å². The second kappa shape index (κ2) is 5.24. The number of likely N-dealkylation sites (N-methyl/N-ethyl adjacent to an activating group) is 1.